The number of nitrogens with zero attached hydrogens (tertiary/aromatic N) is 1. The van der Waals surface area contributed by atoms with Gasteiger partial charge in [-0.15, -0.1) is 0 Å². The van der Waals surface area contributed by atoms with Crippen molar-refractivity contribution in [3.8, 4) is 17.6 Å². The molecule has 184 valence electrons. The van der Waals surface area contributed by atoms with Gasteiger partial charge in [-0.2, -0.15) is 0 Å². The summed E-state index contributed by atoms with van der Waals surface area (Å²) in [7, 11) is 4.91. The SMILES string of the molecule is CNCC#Cc1ccc(O)c2c1C[C@H]1C[C@H]3[C@@H](N(C)C)C(O)=C(C(N)=O)C(=O)[C@@]3(O)C(O)=C1C2=O. The number of rotatable bonds is 3. The van der Waals surface area contributed by atoms with Crippen LogP contribution in [0.2, 0.25) is 0 Å². The van der Waals surface area contributed by atoms with Gasteiger partial charge in [0, 0.05) is 17.1 Å². The van der Waals surface area contributed by atoms with E-state index in [4.69, 9.17) is 5.73 Å². The predicted octanol–water partition coefficient (Wildman–Crippen LogP) is -0.308. The number of fused-ring (bicyclic) bond motifs is 3. The minimum Gasteiger partial charge on any atom is -0.510 e. The second kappa shape index (κ2) is 8.53. The monoisotopic (exact) mass is 481 g/mol. The average molecular weight is 482 g/mol. The normalized spacial score (nSPS) is 27.7. The van der Waals surface area contributed by atoms with Crippen molar-refractivity contribution in [2.75, 3.05) is 27.7 Å². The zero-order valence-corrected chi connectivity index (χ0v) is 19.5. The maximum Gasteiger partial charge on any atom is 0.255 e. The van der Waals surface area contributed by atoms with Gasteiger partial charge in [0.05, 0.1) is 18.2 Å². The first-order valence-corrected chi connectivity index (χ1v) is 11.1. The number of carbonyl (C=O) groups excluding carboxylic acids is 3. The number of allylic oxidation sites excluding steroid dienone is 1. The molecule has 0 saturated carbocycles. The molecule has 0 spiro atoms. The number of likely N-dealkylation sites (N-methyl/N-ethyl adjacent to an activating group) is 1. The molecule has 0 aromatic heterocycles. The van der Waals surface area contributed by atoms with Crippen LogP contribution in [0.4, 0.5) is 0 Å². The average Bonchev–Trinajstić information content (AvgIpc) is 2.77. The molecule has 7 N–H and O–H groups in total. The van der Waals surface area contributed by atoms with Crippen LogP contribution >= 0.6 is 0 Å². The molecule has 1 aromatic carbocycles. The zero-order valence-electron chi connectivity index (χ0n) is 19.5. The van der Waals surface area contributed by atoms with E-state index in [-0.39, 0.29) is 29.7 Å². The lowest BCUT2D eigenvalue weighted by atomic mass is 9.58. The smallest absolute Gasteiger partial charge is 0.255 e. The number of phenols is 1. The van der Waals surface area contributed by atoms with Crippen molar-refractivity contribution < 1.29 is 34.8 Å². The maximum atomic E-state index is 13.6. The fourth-order valence-corrected chi connectivity index (χ4v) is 5.60. The number of aromatic hydroxyl groups is 1. The summed E-state index contributed by atoms with van der Waals surface area (Å²) in [6.07, 6.45) is 0.233. The second-order valence-electron chi connectivity index (χ2n) is 9.28. The van der Waals surface area contributed by atoms with E-state index >= 15 is 0 Å². The van der Waals surface area contributed by atoms with Gasteiger partial charge in [0.1, 0.15) is 22.8 Å². The molecule has 4 rings (SSSR count). The summed E-state index contributed by atoms with van der Waals surface area (Å²) in [4.78, 5) is 40.3. The number of ketones is 2. The van der Waals surface area contributed by atoms with E-state index in [9.17, 15) is 34.8 Å². The number of aliphatic hydroxyl groups excluding tert-OH is 2. The summed E-state index contributed by atoms with van der Waals surface area (Å²) >= 11 is 0. The fraction of sp³-hybridized carbons (Fsp3) is 0.400. The van der Waals surface area contributed by atoms with Gasteiger partial charge in [-0.25, -0.2) is 0 Å². The van der Waals surface area contributed by atoms with Gasteiger partial charge in [0.25, 0.3) is 5.91 Å². The Balaban J connectivity index is 1.94. The number of primary amides is 1. The molecule has 3 aliphatic rings. The molecule has 0 heterocycles. The fourth-order valence-electron chi connectivity index (χ4n) is 5.60. The van der Waals surface area contributed by atoms with E-state index in [1.54, 1.807) is 27.2 Å². The van der Waals surface area contributed by atoms with Crippen LogP contribution in [0.5, 0.6) is 5.75 Å². The van der Waals surface area contributed by atoms with Crippen LogP contribution in [0.25, 0.3) is 0 Å². The number of amides is 1. The summed E-state index contributed by atoms with van der Waals surface area (Å²) < 4.78 is 0. The molecule has 0 bridgehead atoms. The number of aliphatic hydroxyl groups is 3. The number of phenolic OH excluding ortho intramolecular Hbond substituents is 1. The summed E-state index contributed by atoms with van der Waals surface area (Å²) in [5, 5.41) is 47.0. The van der Waals surface area contributed by atoms with E-state index in [1.807, 2.05) is 0 Å². The minimum atomic E-state index is -2.65. The van der Waals surface area contributed by atoms with Crippen LogP contribution < -0.4 is 11.1 Å². The molecule has 0 saturated heterocycles. The van der Waals surface area contributed by atoms with Crippen molar-refractivity contribution in [3.63, 3.8) is 0 Å². The van der Waals surface area contributed by atoms with Crippen molar-refractivity contribution in [1.29, 1.82) is 0 Å². The number of Topliss-reactive ketones (excluding diaryl/α,β-unsaturated/α-hetero) is 2. The van der Waals surface area contributed by atoms with E-state index in [1.165, 1.54) is 11.0 Å². The van der Waals surface area contributed by atoms with Crippen molar-refractivity contribution in [3.05, 3.63) is 51.5 Å². The van der Waals surface area contributed by atoms with Crippen molar-refractivity contribution in [2.45, 2.75) is 24.5 Å². The first-order valence-electron chi connectivity index (χ1n) is 11.1. The third kappa shape index (κ3) is 3.43. The van der Waals surface area contributed by atoms with E-state index in [0.29, 0.717) is 17.7 Å². The molecular formula is C25H27N3O7. The third-order valence-corrected chi connectivity index (χ3v) is 7.09. The predicted molar refractivity (Wildman–Crippen MR) is 124 cm³/mol. The molecule has 10 heteroatoms. The van der Waals surface area contributed by atoms with Crippen LogP contribution in [0, 0.1) is 23.7 Å². The number of hydrogen-bond donors (Lipinski definition) is 6. The highest BCUT2D eigenvalue weighted by molar-refractivity contribution is 6.24. The molecular weight excluding hydrogens is 454 g/mol. The van der Waals surface area contributed by atoms with Gasteiger partial charge >= 0.3 is 0 Å². The number of carbonyl (C=O) groups is 3. The molecule has 0 fully saturated rings. The second-order valence-corrected chi connectivity index (χ2v) is 9.28. The highest BCUT2D eigenvalue weighted by Gasteiger charge is 2.63. The standard InChI is InChI=1S/C25H27N3O7/c1-27-8-4-5-11-6-7-15(29)17-13(11)9-12-10-14-19(28(2)3)21(31)18(24(26)34)23(33)25(14,35)22(32)16(12)20(17)30/h6-7,12,14,19,27,29,31-32,35H,8-10H2,1-3H3,(H2,26,34)/t12-,14-,19+,25-/m0/s1. The summed E-state index contributed by atoms with van der Waals surface area (Å²) in [6.45, 7) is 0.411. The molecule has 1 aromatic rings. The van der Waals surface area contributed by atoms with Crippen LogP contribution in [0.3, 0.4) is 0 Å². The molecule has 0 aliphatic heterocycles. The highest BCUT2D eigenvalue weighted by Crippen LogP contribution is 2.52. The first kappa shape index (κ1) is 24.5. The maximum absolute atomic E-state index is 13.6. The molecule has 35 heavy (non-hydrogen) atoms. The lowest BCUT2D eigenvalue weighted by Crippen LogP contribution is -2.63. The zero-order chi connectivity index (χ0) is 25.8. The first-order chi connectivity index (χ1) is 16.5. The Morgan fingerprint density at radius 2 is 1.94 bits per heavy atom. The van der Waals surface area contributed by atoms with Crippen LogP contribution in [-0.2, 0) is 16.0 Å². The minimum absolute atomic E-state index is 0.0325. The molecule has 1 amide bonds. The van der Waals surface area contributed by atoms with Gasteiger partial charge in [-0.3, -0.25) is 19.3 Å². The Bertz CT molecular complexity index is 1280. The largest absolute Gasteiger partial charge is 0.510 e. The number of benzene rings is 1. The summed E-state index contributed by atoms with van der Waals surface area (Å²) in [5.41, 5.74) is 2.65. The molecule has 10 nitrogen and oxygen atoms in total. The quantitative estimate of drug-likeness (QED) is 0.250. The summed E-state index contributed by atoms with van der Waals surface area (Å²) in [5.74, 6) is -0.829. The molecule has 4 atom stereocenters. The lowest BCUT2D eigenvalue weighted by molar-refractivity contribution is -0.148. The Morgan fingerprint density at radius 3 is 2.54 bits per heavy atom. The number of nitrogens with two attached hydrogens (primary N) is 1. The Hall–Kier alpha value is -3.65. The van der Waals surface area contributed by atoms with Crippen LogP contribution in [0.1, 0.15) is 27.9 Å². The highest BCUT2D eigenvalue weighted by atomic mass is 16.3. The van der Waals surface area contributed by atoms with Gasteiger partial charge in [0.2, 0.25) is 5.78 Å². The van der Waals surface area contributed by atoms with Crippen molar-refractivity contribution in [1.82, 2.24) is 10.2 Å². The molecule has 0 radical (unpaired) electrons. The topological polar surface area (TPSA) is 173 Å². The number of nitrogens with one attached hydrogen (secondary N) is 1. The third-order valence-electron chi connectivity index (χ3n) is 7.09. The van der Waals surface area contributed by atoms with Gasteiger partial charge in [0.15, 0.2) is 11.4 Å². The van der Waals surface area contributed by atoms with E-state index in [2.05, 4.69) is 17.2 Å². The molecule has 0 unspecified atom stereocenters. The van der Waals surface area contributed by atoms with E-state index in [0.717, 1.165) is 0 Å². The van der Waals surface area contributed by atoms with Gasteiger partial charge < -0.3 is 31.5 Å². The Morgan fingerprint density at radius 1 is 1.26 bits per heavy atom. The Kier molecular flexibility index (Phi) is 5.97. The number of hydrogen-bond acceptors (Lipinski definition) is 9. The van der Waals surface area contributed by atoms with Crippen LogP contribution in [-0.4, -0.2) is 82.1 Å². The van der Waals surface area contributed by atoms with Crippen molar-refractivity contribution >= 4 is 17.5 Å². The lowest BCUT2D eigenvalue weighted by Gasteiger charge is -2.50. The van der Waals surface area contributed by atoms with E-state index < -0.39 is 58.0 Å². The van der Waals surface area contributed by atoms with Crippen LogP contribution in [0.15, 0.2) is 34.8 Å². The van der Waals surface area contributed by atoms with Gasteiger partial charge in [-0.1, -0.05) is 11.8 Å². The Labute approximate surface area is 201 Å². The molecule has 3 aliphatic carbocycles. The van der Waals surface area contributed by atoms with Gasteiger partial charge in [-0.05, 0) is 57.6 Å². The summed E-state index contributed by atoms with van der Waals surface area (Å²) in [6, 6.07) is 1.91. The van der Waals surface area contributed by atoms with Crippen molar-refractivity contribution in [2.24, 2.45) is 17.6 Å².